The van der Waals surface area contributed by atoms with E-state index < -0.39 is 11.9 Å². The van der Waals surface area contributed by atoms with Gasteiger partial charge in [0.15, 0.2) is 0 Å². The van der Waals surface area contributed by atoms with Crippen LogP contribution in [0.15, 0.2) is 6.20 Å². The Hall–Kier alpha value is -1.08. The highest BCUT2D eigenvalue weighted by Gasteiger charge is 2.37. The van der Waals surface area contributed by atoms with Crippen molar-refractivity contribution in [3.8, 4) is 0 Å². The Morgan fingerprint density at radius 2 is 2.33 bits per heavy atom. The van der Waals surface area contributed by atoms with Gasteiger partial charge in [0.1, 0.15) is 5.69 Å². The third kappa shape index (κ3) is 3.02. The number of nitrogens with zero attached hydrogens (tertiary/aromatic N) is 2. The van der Waals surface area contributed by atoms with E-state index in [-0.39, 0.29) is 18.2 Å². The number of rotatable bonds is 4. The lowest BCUT2D eigenvalue weighted by Gasteiger charge is -2.12. The first-order chi connectivity index (χ1) is 8.48. The summed E-state index contributed by atoms with van der Waals surface area (Å²) in [7, 11) is 1.30. The lowest BCUT2D eigenvalue weighted by molar-refractivity contribution is -0.144. The highest BCUT2D eigenvalue weighted by atomic mass is 19.4. The Labute approximate surface area is 103 Å². The molecule has 18 heavy (non-hydrogen) atoms. The molecule has 2 heterocycles. The van der Waals surface area contributed by atoms with Crippen molar-refractivity contribution in [1.29, 1.82) is 0 Å². The number of hydrogen-bond acceptors (Lipinski definition) is 3. The first kappa shape index (κ1) is 13.4. The van der Waals surface area contributed by atoms with Crippen molar-refractivity contribution in [2.75, 3.05) is 13.2 Å². The number of aromatic nitrogens is 2. The lowest BCUT2D eigenvalue weighted by atomic mass is 10.2. The number of ether oxygens (including phenoxy) is 1. The van der Waals surface area contributed by atoms with Crippen LogP contribution >= 0.6 is 0 Å². The van der Waals surface area contributed by atoms with Gasteiger partial charge in [-0.25, -0.2) is 0 Å². The molecule has 0 unspecified atom stereocenters. The Kier molecular flexibility index (Phi) is 3.91. The number of alkyl halides is 3. The van der Waals surface area contributed by atoms with Gasteiger partial charge in [0.25, 0.3) is 0 Å². The van der Waals surface area contributed by atoms with Crippen LogP contribution < -0.4 is 5.32 Å². The molecule has 0 aromatic carbocycles. The van der Waals surface area contributed by atoms with E-state index in [4.69, 9.17) is 4.74 Å². The minimum atomic E-state index is -4.37. The summed E-state index contributed by atoms with van der Waals surface area (Å²) in [5, 5.41) is 6.65. The summed E-state index contributed by atoms with van der Waals surface area (Å²) in [6.07, 6.45) is -1.01. The standard InChI is InChI=1S/C11H16F3N3O/c1-17-10(11(12,13)14)8(6-16-17)5-15-7-9-3-2-4-18-9/h6,9,15H,2-5,7H2,1H3/t9-/m1/s1. The molecule has 0 radical (unpaired) electrons. The smallest absolute Gasteiger partial charge is 0.377 e. The summed E-state index contributed by atoms with van der Waals surface area (Å²) in [5.41, 5.74) is -0.523. The molecular weight excluding hydrogens is 247 g/mol. The molecule has 1 atom stereocenters. The average molecular weight is 263 g/mol. The van der Waals surface area contributed by atoms with Crippen molar-refractivity contribution in [3.05, 3.63) is 17.5 Å². The molecule has 1 aliphatic rings. The van der Waals surface area contributed by atoms with Crippen molar-refractivity contribution in [1.82, 2.24) is 15.1 Å². The highest BCUT2D eigenvalue weighted by Crippen LogP contribution is 2.31. The van der Waals surface area contributed by atoms with Crippen LogP contribution in [0.5, 0.6) is 0 Å². The lowest BCUT2D eigenvalue weighted by Crippen LogP contribution is -2.27. The van der Waals surface area contributed by atoms with Crippen molar-refractivity contribution < 1.29 is 17.9 Å². The fraction of sp³-hybridized carbons (Fsp3) is 0.727. The summed E-state index contributed by atoms with van der Waals surface area (Å²) in [6.45, 7) is 1.47. The van der Waals surface area contributed by atoms with E-state index in [1.54, 1.807) is 0 Å². The first-order valence-electron chi connectivity index (χ1n) is 5.89. The Morgan fingerprint density at radius 3 is 2.94 bits per heavy atom. The zero-order valence-electron chi connectivity index (χ0n) is 10.1. The predicted octanol–water partition coefficient (Wildman–Crippen LogP) is 1.71. The number of aryl methyl sites for hydroxylation is 1. The molecule has 0 saturated carbocycles. The maximum absolute atomic E-state index is 12.8. The zero-order chi connectivity index (χ0) is 13.2. The Morgan fingerprint density at radius 1 is 1.56 bits per heavy atom. The number of hydrogen-bond donors (Lipinski definition) is 1. The normalized spacial score (nSPS) is 20.6. The van der Waals surface area contributed by atoms with Gasteiger partial charge in [0, 0.05) is 32.3 Å². The average Bonchev–Trinajstić information content (AvgIpc) is 2.87. The summed E-state index contributed by atoms with van der Waals surface area (Å²) < 4.78 is 44.5. The molecule has 1 aliphatic heterocycles. The molecule has 7 heteroatoms. The van der Waals surface area contributed by atoms with Crippen LogP contribution in [0.2, 0.25) is 0 Å². The molecule has 0 bridgehead atoms. The van der Waals surface area contributed by atoms with E-state index in [1.165, 1.54) is 13.2 Å². The van der Waals surface area contributed by atoms with Crippen molar-refractivity contribution >= 4 is 0 Å². The van der Waals surface area contributed by atoms with Crippen LogP contribution in [0.4, 0.5) is 13.2 Å². The van der Waals surface area contributed by atoms with Crippen LogP contribution in [0, 0.1) is 0 Å². The summed E-state index contributed by atoms with van der Waals surface area (Å²) in [4.78, 5) is 0. The molecule has 1 aromatic rings. The van der Waals surface area contributed by atoms with E-state index in [1.807, 2.05) is 0 Å². The highest BCUT2D eigenvalue weighted by molar-refractivity contribution is 5.20. The molecule has 4 nitrogen and oxygen atoms in total. The van der Waals surface area contributed by atoms with Gasteiger partial charge in [-0.05, 0) is 12.8 Å². The quantitative estimate of drug-likeness (QED) is 0.898. The monoisotopic (exact) mass is 263 g/mol. The van der Waals surface area contributed by atoms with Crippen molar-refractivity contribution in [2.24, 2.45) is 7.05 Å². The molecule has 102 valence electrons. The topological polar surface area (TPSA) is 39.1 Å². The van der Waals surface area contributed by atoms with Gasteiger partial charge in [-0.15, -0.1) is 0 Å². The van der Waals surface area contributed by atoms with Crippen molar-refractivity contribution in [2.45, 2.75) is 31.7 Å². The van der Waals surface area contributed by atoms with Gasteiger partial charge in [0.2, 0.25) is 0 Å². The second-order valence-corrected chi connectivity index (χ2v) is 4.41. The summed E-state index contributed by atoms with van der Waals surface area (Å²) >= 11 is 0. The molecule has 1 saturated heterocycles. The Bertz CT molecular complexity index is 397. The Balaban J connectivity index is 1.93. The van der Waals surface area contributed by atoms with Crippen LogP contribution in [0.25, 0.3) is 0 Å². The molecule has 1 aromatic heterocycles. The third-order valence-electron chi connectivity index (χ3n) is 2.99. The van der Waals surface area contributed by atoms with Gasteiger partial charge < -0.3 is 10.1 Å². The van der Waals surface area contributed by atoms with E-state index in [0.29, 0.717) is 6.54 Å². The van der Waals surface area contributed by atoms with E-state index >= 15 is 0 Å². The second-order valence-electron chi connectivity index (χ2n) is 4.41. The molecule has 1 N–H and O–H groups in total. The maximum atomic E-state index is 12.8. The fourth-order valence-corrected chi connectivity index (χ4v) is 2.15. The van der Waals surface area contributed by atoms with Gasteiger partial charge in [0.05, 0.1) is 12.3 Å². The van der Waals surface area contributed by atoms with Gasteiger partial charge in [-0.2, -0.15) is 18.3 Å². The van der Waals surface area contributed by atoms with Gasteiger partial charge in [-0.3, -0.25) is 4.68 Å². The molecular formula is C11H16F3N3O. The van der Waals surface area contributed by atoms with Gasteiger partial charge in [-0.1, -0.05) is 0 Å². The SMILES string of the molecule is Cn1ncc(CNC[C@H]2CCCO2)c1C(F)(F)F. The number of nitrogens with one attached hydrogen (secondary N) is 1. The second kappa shape index (κ2) is 5.27. The van der Waals surface area contributed by atoms with E-state index in [9.17, 15) is 13.2 Å². The largest absolute Gasteiger partial charge is 0.433 e. The van der Waals surface area contributed by atoms with Crippen LogP contribution in [0.1, 0.15) is 24.1 Å². The van der Waals surface area contributed by atoms with Crippen LogP contribution in [-0.4, -0.2) is 29.0 Å². The minimum absolute atomic E-state index is 0.121. The fourth-order valence-electron chi connectivity index (χ4n) is 2.15. The van der Waals surface area contributed by atoms with E-state index in [0.717, 1.165) is 24.1 Å². The maximum Gasteiger partial charge on any atom is 0.433 e. The summed E-state index contributed by atoms with van der Waals surface area (Å²) in [6, 6.07) is 0. The molecule has 0 amide bonds. The van der Waals surface area contributed by atoms with Crippen LogP contribution in [-0.2, 0) is 24.5 Å². The number of halogens is 3. The predicted molar refractivity (Wildman–Crippen MR) is 58.9 cm³/mol. The van der Waals surface area contributed by atoms with Crippen molar-refractivity contribution in [3.63, 3.8) is 0 Å². The molecule has 0 aliphatic carbocycles. The molecule has 1 fully saturated rings. The third-order valence-corrected chi connectivity index (χ3v) is 2.99. The van der Waals surface area contributed by atoms with Gasteiger partial charge >= 0.3 is 6.18 Å². The summed E-state index contributed by atoms with van der Waals surface area (Å²) in [5.74, 6) is 0. The van der Waals surface area contributed by atoms with Crippen LogP contribution in [0.3, 0.4) is 0 Å². The minimum Gasteiger partial charge on any atom is -0.377 e. The molecule has 0 spiro atoms. The zero-order valence-corrected chi connectivity index (χ0v) is 10.1. The van der Waals surface area contributed by atoms with E-state index in [2.05, 4.69) is 10.4 Å². The first-order valence-corrected chi connectivity index (χ1v) is 5.89. The molecule has 2 rings (SSSR count).